The first kappa shape index (κ1) is 19.1. The number of rotatable bonds is 4. The molecule has 156 valence electrons. The molecule has 7 heteroatoms. The fourth-order valence-electron chi connectivity index (χ4n) is 4.28. The fourth-order valence-corrected chi connectivity index (χ4v) is 4.28. The van der Waals surface area contributed by atoms with Gasteiger partial charge in [-0.1, -0.05) is 42.5 Å². The van der Waals surface area contributed by atoms with E-state index in [0.717, 1.165) is 16.2 Å². The molecule has 1 N–H and O–H groups in total. The van der Waals surface area contributed by atoms with Crippen molar-refractivity contribution < 1.29 is 24.3 Å². The summed E-state index contributed by atoms with van der Waals surface area (Å²) in [5, 5.41) is 11.3. The summed E-state index contributed by atoms with van der Waals surface area (Å²) >= 11 is 0. The number of fused-ring (bicyclic) bond motifs is 1. The number of nitrogens with zero attached hydrogens (tertiary/aromatic N) is 2. The SMILES string of the molecule is COc1ccccc1N1C(=O)[C@@H]2[C@@H](ON(c3ccccc3)[C@H]2c2ccc(O)cc2)C1=O. The molecule has 2 aliphatic rings. The molecule has 0 saturated carbocycles. The van der Waals surface area contributed by atoms with Crippen LogP contribution in [0.1, 0.15) is 11.6 Å². The van der Waals surface area contributed by atoms with E-state index < -0.39 is 24.0 Å². The minimum absolute atomic E-state index is 0.120. The molecule has 3 atom stereocenters. The highest BCUT2D eigenvalue weighted by Gasteiger charge is 2.60. The van der Waals surface area contributed by atoms with E-state index in [4.69, 9.17) is 9.57 Å². The Morgan fingerprint density at radius 3 is 2.26 bits per heavy atom. The number of carbonyl (C=O) groups is 2. The molecule has 3 aromatic carbocycles. The number of imide groups is 1. The summed E-state index contributed by atoms with van der Waals surface area (Å²) in [4.78, 5) is 34.2. The molecular formula is C24H20N2O5. The number of carbonyl (C=O) groups excluding carboxylic acids is 2. The normalized spacial score (nSPS) is 22.7. The van der Waals surface area contributed by atoms with Crippen LogP contribution in [0.5, 0.6) is 11.5 Å². The number of benzene rings is 3. The smallest absolute Gasteiger partial charge is 0.266 e. The minimum atomic E-state index is -0.962. The van der Waals surface area contributed by atoms with E-state index in [1.807, 2.05) is 30.3 Å². The van der Waals surface area contributed by atoms with Crippen LogP contribution in [-0.4, -0.2) is 30.1 Å². The summed E-state index contributed by atoms with van der Waals surface area (Å²) in [6.07, 6.45) is -0.962. The van der Waals surface area contributed by atoms with E-state index in [9.17, 15) is 14.7 Å². The maximum atomic E-state index is 13.6. The molecule has 2 saturated heterocycles. The second-order valence-corrected chi connectivity index (χ2v) is 7.43. The fraction of sp³-hybridized carbons (Fsp3) is 0.167. The maximum Gasteiger partial charge on any atom is 0.266 e. The number of amides is 2. The predicted molar refractivity (Wildman–Crippen MR) is 114 cm³/mol. The summed E-state index contributed by atoms with van der Waals surface area (Å²) < 4.78 is 5.37. The van der Waals surface area contributed by atoms with Gasteiger partial charge in [0, 0.05) is 0 Å². The quantitative estimate of drug-likeness (QED) is 0.657. The van der Waals surface area contributed by atoms with Crippen molar-refractivity contribution in [3.63, 3.8) is 0 Å². The molecule has 0 radical (unpaired) electrons. The van der Waals surface area contributed by atoms with Gasteiger partial charge in [-0.05, 0) is 42.0 Å². The molecule has 2 heterocycles. The third kappa shape index (κ3) is 3.02. The number of aromatic hydroxyl groups is 1. The molecule has 0 spiro atoms. The molecular weight excluding hydrogens is 396 g/mol. The van der Waals surface area contributed by atoms with Gasteiger partial charge >= 0.3 is 0 Å². The Bertz CT molecular complexity index is 1130. The summed E-state index contributed by atoms with van der Waals surface area (Å²) in [5.41, 5.74) is 1.89. The first-order chi connectivity index (χ1) is 15.1. The molecule has 2 fully saturated rings. The standard InChI is InChI=1S/C24H20N2O5/c1-30-19-10-6-5-9-18(19)25-23(28)20-21(15-11-13-17(27)14-12-15)26(31-22(20)24(25)29)16-7-3-2-4-8-16/h2-14,20-22,27H,1H3/t20-,21-,22+/m0/s1. The van der Waals surface area contributed by atoms with Gasteiger partial charge in [0.05, 0.1) is 24.5 Å². The molecule has 5 rings (SSSR count). The first-order valence-corrected chi connectivity index (χ1v) is 9.91. The van der Waals surface area contributed by atoms with Gasteiger partial charge in [-0.3, -0.25) is 14.4 Å². The Hall–Kier alpha value is -3.84. The number of methoxy groups -OCH3 is 1. The average molecular weight is 416 g/mol. The lowest BCUT2D eigenvalue weighted by atomic mass is 9.90. The van der Waals surface area contributed by atoms with Gasteiger partial charge < -0.3 is 9.84 Å². The third-order valence-electron chi connectivity index (χ3n) is 5.69. The zero-order valence-electron chi connectivity index (χ0n) is 16.7. The number of ether oxygens (including phenoxy) is 1. The van der Waals surface area contributed by atoms with Gasteiger partial charge in [-0.25, -0.2) is 9.96 Å². The van der Waals surface area contributed by atoms with E-state index in [0.29, 0.717) is 11.4 Å². The Kier molecular flexibility index (Phi) is 4.60. The van der Waals surface area contributed by atoms with Crippen LogP contribution in [-0.2, 0) is 14.4 Å². The highest BCUT2D eigenvalue weighted by atomic mass is 16.7. The van der Waals surface area contributed by atoms with Gasteiger partial charge in [0.15, 0.2) is 6.10 Å². The second kappa shape index (κ2) is 7.45. The van der Waals surface area contributed by atoms with Crippen LogP contribution in [0.25, 0.3) is 0 Å². The molecule has 0 unspecified atom stereocenters. The summed E-state index contributed by atoms with van der Waals surface area (Å²) in [7, 11) is 1.50. The Morgan fingerprint density at radius 2 is 1.55 bits per heavy atom. The lowest BCUT2D eigenvalue weighted by Gasteiger charge is -2.29. The van der Waals surface area contributed by atoms with E-state index in [1.165, 1.54) is 7.11 Å². The number of para-hydroxylation sites is 3. The summed E-state index contributed by atoms with van der Waals surface area (Å²) in [6.45, 7) is 0. The van der Waals surface area contributed by atoms with E-state index in [1.54, 1.807) is 53.6 Å². The number of anilines is 2. The van der Waals surface area contributed by atoms with Gasteiger partial charge in [0.25, 0.3) is 5.91 Å². The van der Waals surface area contributed by atoms with Crippen molar-refractivity contribution in [2.45, 2.75) is 12.1 Å². The van der Waals surface area contributed by atoms with E-state index >= 15 is 0 Å². The van der Waals surface area contributed by atoms with Crippen LogP contribution in [0.15, 0.2) is 78.9 Å². The van der Waals surface area contributed by atoms with Crippen LogP contribution in [0.4, 0.5) is 11.4 Å². The Labute approximate surface area is 179 Å². The van der Waals surface area contributed by atoms with Crippen LogP contribution in [0.2, 0.25) is 0 Å². The molecule has 3 aromatic rings. The number of hydroxylamine groups is 1. The summed E-state index contributed by atoms with van der Waals surface area (Å²) in [5.74, 6) is -0.972. The average Bonchev–Trinajstić information content (AvgIpc) is 3.31. The Morgan fingerprint density at radius 1 is 0.871 bits per heavy atom. The molecule has 0 bridgehead atoms. The Balaban J connectivity index is 1.60. The predicted octanol–water partition coefficient (Wildman–Crippen LogP) is 3.45. The highest BCUT2D eigenvalue weighted by molar-refractivity contribution is 6.24. The lowest BCUT2D eigenvalue weighted by Crippen LogP contribution is -2.37. The van der Waals surface area contributed by atoms with E-state index in [2.05, 4.69) is 0 Å². The van der Waals surface area contributed by atoms with Crippen molar-refractivity contribution in [1.29, 1.82) is 0 Å². The molecule has 31 heavy (non-hydrogen) atoms. The highest BCUT2D eigenvalue weighted by Crippen LogP contribution is 2.48. The topological polar surface area (TPSA) is 79.3 Å². The van der Waals surface area contributed by atoms with Gasteiger partial charge in [-0.15, -0.1) is 0 Å². The molecule has 2 aliphatic heterocycles. The van der Waals surface area contributed by atoms with Crippen LogP contribution in [0, 0.1) is 5.92 Å². The molecule has 7 nitrogen and oxygen atoms in total. The van der Waals surface area contributed by atoms with Crippen LogP contribution in [0.3, 0.4) is 0 Å². The van der Waals surface area contributed by atoms with Crippen molar-refractivity contribution in [2.75, 3.05) is 17.1 Å². The number of hydrogen-bond acceptors (Lipinski definition) is 6. The molecule has 0 aliphatic carbocycles. The van der Waals surface area contributed by atoms with Crippen molar-refractivity contribution in [3.05, 3.63) is 84.4 Å². The van der Waals surface area contributed by atoms with Gasteiger partial charge in [-0.2, -0.15) is 0 Å². The van der Waals surface area contributed by atoms with Gasteiger partial charge in [0.2, 0.25) is 5.91 Å². The van der Waals surface area contributed by atoms with E-state index in [-0.39, 0.29) is 11.7 Å². The number of phenols is 1. The minimum Gasteiger partial charge on any atom is -0.508 e. The number of phenolic OH excluding ortho intramolecular Hbond substituents is 1. The zero-order chi connectivity index (χ0) is 21.5. The third-order valence-corrected chi connectivity index (χ3v) is 5.69. The zero-order valence-corrected chi connectivity index (χ0v) is 16.7. The first-order valence-electron chi connectivity index (χ1n) is 9.91. The van der Waals surface area contributed by atoms with Crippen LogP contribution >= 0.6 is 0 Å². The van der Waals surface area contributed by atoms with Crippen molar-refractivity contribution in [3.8, 4) is 11.5 Å². The monoisotopic (exact) mass is 416 g/mol. The van der Waals surface area contributed by atoms with Crippen LogP contribution < -0.4 is 14.7 Å². The van der Waals surface area contributed by atoms with Gasteiger partial charge in [0.1, 0.15) is 17.4 Å². The van der Waals surface area contributed by atoms with Crippen molar-refractivity contribution >= 4 is 23.2 Å². The largest absolute Gasteiger partial charge is 0.508 e. The maximum absolute atomic E-state index is 13.6. The van der Waals surface area contributed by atoms with Crippen molar-refractivity contribution in [1.82, 2.24) is 0 Å². The lowest BCUT2D eigenvalue weighted by molar-refractivity contribution is -0.126. The molecule has 2 amide bonds. The molecule has 0 aromatic heterocycles. The second-order valence-electron chi connectivity index (χ2n) is 7.43. The number of hydrogen-bond donors (Lipinski definition) is 1. The summed E-state index contributed by atoms with van der Waals surface area (Å²) in [6, 6.07) is 22.3. The van der Waals surface area contributed by atoms with Crippen molar-refractivity contribution in [2.24, 2.45) is 5.92 Å².